The van der Waals surface area contributed by atoms with Gasteiger partial charge in [0.05, 0.1) is 16.6 Å². The van der Waals surface area contributed by atoms with E-state index in [1.807, 2.05) is 84.9 Å². The van der Waals surface area contributed by atoms with Gasteiger partial charge < -0.3 is 13.7 Å². The summed E-state index contributed by atoms with van der Waals surface area (Å²) in [5.74, 6) is 1.72. The number of rotatable bonds is 6. The second kappa shape index (κ2) is 12.5. The van der Waals surface area contributed by atoms with E-state index in [1.54, 1.807) is 0 Å². The molecule has 8 aromatic carbocycles. The third kappa shape index (κ3) is 5.00. The van der Waals surface area contributed by atoms with E-state index in [-0.39, 0.29) is 0 Å². The summed E-state index contributed by atoms with van der Waals surface area (Å²) < 4.78 is 14.1. The van der Waals surface area contributed by atoms with Crippen molar-refractivity contribution < 1.29 is 8.83 Å². The zero-order valence-corrected chi connectivity index (χ0v) is 29.4. The van der Waals surface area contributed by atoms with Gasteiger partial charge in [-0.25, -0.2) is 15.0 Å². The first kappa shape index (κ1) is 31.0. The largest absolute Gasteiger partial charge is 0.454 e. The Bertz CT molecular complexity index is 3100. The van der Waals surface area contributed by atoms with Gasteiger partial charge in [-0.05, 0) is 41.8 Å². The summed E-state index contributed by atoms with van der Waals surface area (Å²) in [5.41, 5.74) is 8.64. The van der Waals surface area contributed by atoms with Crippen LogP contribution >= 0.6 is 0 Å². The topological polar surface area (TPSA) is 68.2 Å². The van der Waals surface area contributed by atoms with Crippen LogP contribution in [0, 0.1) is 0 Å². The molecule has 0 amide bonds. The molecule has 11 rings (SSSR count). The van der Waals surface area contributed by atoms with Crippen LogP contribution in [0.25, 0.3) is 88.8 Å². The molecule has 0 aliphatic rings. The van der Waals surface area contributed by atoms with Gasteiger partial charge >= 0.3 is 0 Å². The standard InChI is InChI=1S/C49H30N4O2/c1-5-17-31(18-6-1)47-50-48(32-19-7-2-8-20-32)52-49(51-47)39-29-15-27-38-42-45(54-43(38)39)36-26-14-13-25-35(36)41-37-28-16-30-40(44(37)55-46(41)42)53(33-21-9-3-10-22-33)34-23-11-4-12-24-34/h1-30H. The highest BCUT2D eigenvalue weighted by Crippen LogP contribution is 2.49. The molecule has 0 radical (unpaired) electrons. The Kier molecular flexibility index (Phi) is 7.07. The number of hydrogen-bond acceptors (Lipinski definition) is 6. The van der Waals surface area contributed by atoms with Crippen molar-refractivity contribution in [2.75, 3.05) is 4.90 Å². The molecule has 3 heterocycles. The molecule has 0 bridgehead atoms. The fourth-order valence-electron chi connectivity index (χ4n) is 7.84. The first-order chi connectivity index (χ1) is 27.3. The molecule has 0 aliphatic carbocycles. The van der Waals surface area contributed by atoms with Crippen LogP contribution in [0.3, 0.4) is 0 Å². The lowest BCUT2D eigenvalue weighted by molar-refractivity contribution is 0.666. The molecule has 258 valence electrons. The number of aromatic nitrogens is 3. The number of nitrogens with zero attached hydrogens (tertiary/aromatic N) is 4. The molecule has 0 unspecified atom stereocenters. The van der Waals surface area contributed by atoms with Crippen molar-refractivity contribution in [2.45, 2.75) is 0 Å². The van der Waals surface area contributed by atoms with E-state index in [0.717, 1.165) is 82.8 Å². The molecule has 11 aromatic rings. The third-order valence-electron chi connectivity index (χ3n) is 10.3. The SMILES string of the molecule is c1ccc(-c2nc(-c3ccccc3)nc(-c3cccc4c3oc3c5ccccc5c5c6cccc(N(c7ccccc7)c7ccccc7)c6oc5c43)n2)cc1. The van der Waals surface area contributed by atoms with E-state index < -0.39 is 0 Å². The summed E-state index contributed by atoms with van der Waals surface area (Å²) in [6.07, 6.45) is 0. The molecule has 0 N–H and O–H groups in total. The molecule has 6 heteroatoms. The molecule has 55 heavy (non-hydrogen) atoms. The summed E-state index contributed by atoms with van der Waals surface area (Å²) >= 11 is 0. The van der Waals surface area contributed by atoms with Crippen molar-refractivity contribution in [1.29, 1.82) is 0 Å². The van der Waals surface area contributed by atoms with Crippen LogP contribution in [0.2, 0.25) is 0 Å². The summed E-state index contributed by atoms with van der Waals surface area (Å²) in [4.78, 5) is 17.3. The Balaban J connectivity index is 1.21. The van der Waals surface area contributed by atoms with Crippen molar-refractivity contribution in [3.05, 3.63) is 182 Å². The Morgan fingerprint density at radius 1 is 0.327 bits per heavy atom. The van der Waals surface area contributed by atoms with Gasteiger partial charge in [-0.2, -0.15) is 0 Å². The minimum absolute atomic E-state index is 0.533. The maximum absolute atomic E-state index is 7.15. The molecule has 0 saturated carbocycles. The lowest BCUT2D eigenvalue weighted by Crippen LogP contribution is -2.09. The van der Waals surface area contributed by atoms with Crippen LogP contribution in [0.1, 0.15) is 0 Å². The van der Waals surface area contributed by atoms with Crippen LogP contribution in [0.15, 0.2) is 191 Å². The molecule has 0 atom stereocenters. The molecule has 0 spiro atoms. The number of fused-ring (bicyclic) bond motifs is 10. The minimum atomic E-state index is 0.533. The quantitative estimate of drug-likeness (QED) is 0.171. The van der Waals surface area contributed by atoms with Gasteiger partial charge in [0.2, 0.25) is 0 Å². The Morgan fingerprint density at radius 2 is 0.800 bits per heavy atom. The van der Waals surface area contributed by atoms with Gasteiger partial charge in [0.1, 0.15) is 16.7 Å². The molecular weight excluding hydrogens is 677 g/mol. The lowest BCUT2D eigenvalue weighted by atomic mass is 9.99. The van der Waals surface area contributed by atoms with Crippen molar-refractivity contribution in [1.82, 2.24) is 15.0 Å². The van der Waals surface area contributed by atoms with E-state index in [2.05, 4.69) is 102 Å². The van der Waals surface area contributed by atoms with Crippen LogP contribution in [-0.2, 0) is 0 Å². The van der Waals surface area contributed by atoms with Gasteiger partial charge in [-0.1, -0.05) is 146 Å². The summed E-state index contributed by atoms with van der Waals surface area (Å²) in [7, 11) is 0. The molecule has 6 nitrogen and oxygen atoms in total. The fourth-order valence-corrected chi connectivity index (χ4v) is 7.84. The van der Waals surface area contributed by atoms with Gasteiger partial charge in [0.15, 0.2) is 23.1 Å². The Hall–Kier alpha value is -7.57. The number of furan rings is 2. The molecule has 3 aromatic heterocycles. The van der Waals surface area contributed by atoms with E-state index in [1.165, 1.54) is 0 Å². The highest BCUT2D eigenvalue weighted by atomic mass is 16.3. The Labute approximate surface area is 315 Å². The highest BCUT2D eigenvalue weighted by Gasteiger charge is 2.26. The second-order valence-electron chi connectivity index (χ2n) is 13.5. The van der Waals surface area contributed by atoms with Crippen molar-refractivity contribution in [2.24, 2.45) is 0 Å². The average Bonchev–Trinajstić information content (AvgIpc) is 3.85. The first-order valence-electron chi connectivity index (χ1n) is 18.3. The maximum Gasteiger partial charge on any atom is 0.167 e. The fraction of sp³-hybridized carbons (Fsp3) is 0. The third-order valence-corrected chi connectivity index (χ3v) is 10.3. The van der Waals surface area contributed by atoms with Crippen molar-refractivity contribution in [3.8, 4) is 34.2 Å². The van der Waals surface area contributed by atoms with E-state index in [0.29, 0.717) is 23.1 Å². The average molecular weight is 707 g/mol. The van der Waals surface area contributed by atoms with Crippen LogP contribution in [-0.4, -0.2) is 15.0 Å². The number of benzene rings is 8. The maximum atomic E-state index is 7.15. The van der Waals surface area contributed by atoms with Crippen LogP contribution in [0.5, 0.6) is 0 Å². The highest BCUT2D eigenvalue weighted by molar-refractivity contribution is 6.34. The van der Waals surface area contributed by atoms with E-state index in [4.69, 9.17) is 23.8 Å². The van der Waals surface area contributed by atoms with Crippen LogP contribution < -0.4 is 4.90 Å². The lowest BCUT2D eigenvalue weighted by Gasteiger charge is -2.25. The molecular formula is C49H30N4O2. The van der Waals surface area contributed by atoms with E-state index >= 15 is 0 Å². The molecule has 0 saturated heterocycles. The predicted molar refractivity (Wildman–Crippen MR) is 223 cm³/mol. The number of hydrogen-bond donors (Lipinski definition) is 0. The number of para-hydroxylation sites is 4. The predicted octanol–water partition coefficient (Wildman–Crippen LogP) is 13.3. The van der Waals surface area contributed by atoms with Crippen LogP contribution in [0.4, 0.5) is 17.1 Å². The van der Waals surface area contributed by atoms with E-state index in [9.17, 15) is 0 Å². The normalized spacial score (nSPS) is 11.6. The number of anilines is 3. The summed E-state index contributed by atoms with van der Waals surface area (Å²) in [6.45, 7) is 0. The minimum Gasteiger partial charge on any atom is -0.454 e. The Morgan fingerprint density at radius 3 is 1.42 bits per heavy atom. The summed E-state index contributed by atoms with van der Waals surface area (Å²) in [5, 5.41) is 5.99. The van der Waals surface area contributed by atoms with Gasteiger partial charge in [-0.3, -0.25) is 0 Å². The first-order valence-corrected chi connectivity index (χ1v) is 18.3. The summed E-state index contributed by atoms with van der Waals surface area (Å²) in [6, 6.07) is 61.9. The monoisotopic (exact) mass is 706 g/mol. The second-order valence-corrected chi connectivity index (χ2v) is 13.5. The van der Waals surface area contributed by atoms with Crippen molar-refractivity contribution >= 4 is 71.7 Å². The molecule has 0 fully saturated rings. The van der Waals surface area contributed by atoms with Crippen molar-refractivity contribution in [3.63, 3.8) is 0 Å². The smallest absolute Gasteiger partial charge is 0.167 e. The van der Waals surface area contributed by atoms with Gasteiger partial charge in [-0.15, -0.1) is 0 Å². The molecule has 0 aliphatic heterocycles. The zero-order valence-electron chi connectivity index (χ0n) is 29.4. The zero-order chi connectivity index (χ0) is 36.3. The van der Waals surface area contributed by atoms with Gasteiger partial charge in [0, 0.05) is 44.0 Å². The van der Waals surface area contributed by atoms with Gasteiger partial charge in [0.25, 0.3) is 0 Å².